The maximum atomic E-state index is 12.5. The summed E-state index contributed by atoms with van der Waals surface area (Å²) in [6.45, 7) is 5.67. The molecule has 1 aromatic heterocycles. The molecule has 0 radical (unpaired) electrons. The lowest BCUT2D eigenvalue weighted by molar-refractivity contribution is -0.150. The summed E-state index contributed by atoms with van der Waals surface area (Å²) in [6, 6.07) is 1.56. The number of morpholine rings is 1. The van der Waals surface area contributed by atoms with Crippen molar-refractivity contribution in [2.75, 3.05) is 19.7 Å². The van der Waals surface area contributed by atoms with Crippen LogP contribution in [0.3, 0.4) is 0 Å². The summed E-state index contributed by atoms with van der Waals surface area (Å²) in [6.07, 6.45) is 0. The summed E-state index contributed by atoms with van der Waals surface area (Å²) >= 11 is 0. The van der Waals surface area contributed by atoms with Crippen LogP contribution in [0.2, 0.25) is 0 Å². The number of carbonyl (C=O) groups excluding carboxylic acids is 2. The molecule has 1 saturated heterocycles. The van der Waals surface area contributed by atoms with E-state index in [9.17, 15) is 14.4 Å². The Morgan fingerprint density at radius 1 is 1.43 bits per heavy atom. The number of amides is 2. The van der Waals surface area contributed by atoms with E-state index in [4.69, 9.17) is 10.5 Å². The second kappa shape index (κ2) is 5.33. The van der Waals surface area contributed by atoms with E-state index in [1.807, 2.05) is 6.92 Å². The number of hydrogen-bond acceptors (Lipinski definition) is 4. The van der Waals surface area contributed by atoms with Gasteiger partial charge in [-0.2, -0.15) is 0 Å². The fraction of sp³-hybridized carbons (Fsp3) is 0.500. The number of hydrogen-bond donors (Lipinski definition) is 2. The number of carbonyl (C=O) groups is 2. The minimum atomic E-state index is -1.22. The molecule has 1 fully saturated rings. The fourth-order valence-corrected chi connectivity index (χ4v) is 2.25. The quantitative estimate of drug-likeness (QED) is 0.781. The van der Waals surface area contributed by atoms with Gasteiger partial charge in [0, 0.05) is 12.2 Å². The van der Waals surface area contributed by atoms with Crippen LogP contribution in [-0.2, 0) is 9.53 Å². The summed E-state index contributed by atoms with van der Waals surface area (Å²) < 4.78 is 5.36. The second-order valence-electron chi connectivity index (χ2n) is 5.49. The number of primary amides is 1. The van der Waals surface area contributed by atoms with E-state index in [0.717, 1.165) is 11.3 Å². The van der Waals surface area contributed by atoms with Crippen molar-refractivity contribution in [3.8, 4) is 0 Å². The molecule has 1 aromatic rings. The Morgan fingerprint density at radius 3 is 2.71 bits per heavy atom. The molecule has 7 heteroatoms. The lowest BCUT2D eigenvalue weighted by Crippen LogP contribution is -2.58. The molecule has 21 heavy (non-hydrogen) atoms. The number of pyridine rings is 1. The van der Waals surface area contributed by atoms with Crippen LogP contribution in [0.15, 0.2) is 10.9 Å². The second-order valence-corrected chi connectivity index (χ2v) is 5.49. The summed E-state index contributed by atoms with van der Waals surface area (Å²) in [4.78, 5) is 39.9. The highest BCUT2D eigenvalue weighted by Gasteiger charge is 2.39. The number of nitrogens with one attached hydrogen (secondary N) is 1. The largest absolute Gasteiger partial charge is 0.367 e. The van der Waals surface area contributed by atoms with Gasteiger partial charge in [0.15, 0.2) is 5.60 Å². The highest BCUT2D eigenvalue weighted by molar-refractivity contribution is 5.95. The van der Waals surface area contributed by atoms with Crippen LogP contribution in [0.5, 0.6) is 0 Å². The number of rotatable bonds is 2. The van der Waals surface area contributed by atoms with E-state index < -0.39 is 23.0 Å². The molecule has 3 N–H and O–H groups in total. The average molecular weight is 293 g/mol. The first-order chi connectivity index (χ1) is 9.74. The molecular weight excluding hydrogens is 274 g/mol. The average Bonchev–Trinajstić information content (AvgIpc) is 2.42. The molecule has 0 aromatic carbocycles. The third-order valence-corrected chi connectivity index (χ3v) is 3.81. The van der Waals surface area contributed by atoms with Gasteiger partial charge in [0.05, 0.1) is 13.2 Å². The van der Waals surface area contributed by atoms with Gasteiger partial charge in [-0.3, -0.25) is 14.4 Å². The standard InChI is InChI=1S/C14H19N3O4/c1-8-6-10(11(18)16-9(8)2)12(19)17-4-5-21-14(3,7-17)13(15)20/h6H,4-5,7H2,1-3H3,(H2,15,20)(H,16,18)/t14-/m1/s1. The van der Waals surface area contributed by atoms with Crippen LogP contribution in [0.1, 0.15) is 28.5 Å². The Bertz CT molecular complexity index is 652. The van der Waals surface area contributed by atoms with E-state index in [0.29, 0.717) is 6.54 Å². The molecule has 0 unspecified atom stereocenters. The molecule has 7 nitrogen and oxygen atoms in total. The zero-order valence-electron chi connectivity index (χ0n) is 12.4. The molecule has 1 aliphatic rings. The predicted molar refractivity (Wildman–Crippen MR) is 76.0 cm³/mol. The molecule has 1 aliphatic heterocycles. The van der Waals surface area contributed by atoms with Gasteiger partial charge in [-0.15, -0.1) is 0 Å². The summed E-state index contributed by atoms with van der Waals surface area (Å²) in [5.74, 6) is -1.05. The number of aromatic amines is 1. The highest BCUT2D eigenvalue weighted by atomic mass is 16.5. The van der Waals surface area contributed by atoms with Crippen molar-refractivity contribution in [1.82, 2.24) is 9.88 Å². The maximum absolute atomic E-state index is 12.5. The Morgan fingerprint density at radius 2 is 2.10 bits per heavy atom. The zero-order chi connectivity index (χ0) is 15.8. The SMILES string of the molecule is Cc1cc(C(=O)N2CCO[C@@](C)(C(N)=O)C2)c(=O)[nH]c1C. The van der Waals surface area contributed by atoms with Crippen molar-refractivity contribution in [2.45, 2.75) is 26.4 Å². The Balaban J connectivity index is 2.30. The van der Waals surface area contributed by atoms with Crippen molar-refractivity contribution in [3.05, 3.63) is 33.2 Å². The molecule has 2 amide bonds. The van der Waals surface area contributed by atoms with Crippen LogP contribution < -0.4 is 11.3 Å². The third kappa shape index (κ3) is 2.82. The van der Waals surface area contributed by atoms with Crippen LogP contribution in [0.4, 0.5) is 0 Å². The first-order valence-corrected chi connectivity index (χ1v) is 6.68. The van der Waals surface area contributed by atoms with Gasteiger partial charge < -0.3 is 20.4 Å². The topological polar surface area (TPSA) is 105 Å². The number of nitrogens with zero attached hydrogens (tertiary/aromatic N) is 1. The third-order valence-electron chi connectivity index (χ3n) is 3.81. The van der Waals surface area contributed by atoms with Gasteiger partial charge in [0.2, 0.25) is 0 Å². The Kier molecular flexibility index (Phi) is 3.87. The van der Waals surface area contributed by atoms with Gasteiger partial charge in [-0.25, -0.2) is 0 Å². The monoisotopic (exact) mass is 293 g/mol. The minimum Gasteiger partial charge on any atom is -0.367 e. The van der Waals surface area contributed by atoms with Gasteiger partial charge in [0.25, 0.3) is 17.4 Å². The fourth-order valence-electron chi connectivity index (χ4n) is 2.25. The number of H-pyrrole nitrogens is 1. The van der Waals surface area contributed by atoms with E-state index in [2.05, 4.69) is 4.98 Å². The highest BCUT2D eigenvalue weighted by Crippen LogP contribution is 2.18. The van der Waals surface area contributed by atoms with Gasteiger partial charge in [-0.05, 0) is 32.4 Å². The molecule has 0 aliphatic carbocycles. The molecular formula is C14H19N3O4. The number of ether oxygens (including phenoxy) is 1. The zero-order valence-corrected chi connectivity index (χ0v) is 12.4. The van der Waals surface area contributed by atoms with Crippen molar-refractivity contribution in [2.24, 2.45) is 5.73 Å². The lowest BCUT2D eigenvalue weighted by Gasteiger charge is -2.38. The summed E-state index contributed by atoms with van der Waals surface area (Å²) in [5.41, 5.74) is 5.26. The smallest absolute Gasteiger partial charge is 0.261 e. The lowest BCUT2D eigenvalue weighted by atomic mass is 10.0. The number of aryl methyl sites for hydroxylation is 2. The van der Waals surface area contributed by atoms with Crippen LogP contribution >= 0.6 is 0 Å². The molecule has 2 heterocycles. The van der Waals surface area contributed by atoms with Crippen LogP contribution in [0.25, 0.3) is 0 Å². The predicted octanol–water partition coefficient (Wildman–Crippen LogP) is -0.292. The van der Waals surface area contributed by atoms with E-state index in [1.54, 1.807) is 19.9 Å². The molecule has 0 saturated carbocycles. The van der Waals surface area contributed by atoms with Crippen molar-refractivity contribution >= 4 is 11.8 Å². The van der Waals surface area contributed by atoms with Gasteiger partial charge in [-0.1, -0.05) is 0 Å². The number of nitrogens with two attached hydrogens (primary N) is 1. The van der Waals surface area contributed by atoms with Crippen LogP contribution in [0, 0.1) is 13.8 Å². The van der Waals surface area contributed by atoms with Crippen molar-refractivity contribution in [3.63, 3.8) is 0 Å². The number of aromatic nitrogens is 1. The summed E-state index contributed by atoms with van der Waals surface area (Å²) in [5, 5.41) is 0. The first kappa shape index (κ1) is 15.2. The van der Waals surface area contributed by atoms with Crippen molar-refractivity contribution in [1.29, 1.82) is 0 Å². The van der Waals surface area contributed by atoms with Gasteiger partial charge in [0.1, 0.15) is 5.56 Å². The Labute approximate surface area is 122 Å². The van der Waals surface area contributed by atoms with Crippen LogP contribution in [-0.4, -0.2) is 47.0 Å². The molecule has 2 rings (SSSR count). The minimum absolute atomic E-state index is 0.0352. The molecule has 114 valence electrons. The van der Waals surface area contributed by atoms with Crippen molar-refractivity contribution < 1.29 is 14.3 Å². The normalized spacial score (nSPS) is 22.1. The van der Waals surface area contributed by atoms with E-state index in [-0.39, 0.29) is 18.7 Å². The first-order valence-electron chi connectivity index (χ1n) is 6.68. The summed E-state index contributed by atoms with van der Waals surface area (Å²) in [7, 11) is 0. The Hall–Kier alpha value is -2.15. The van der Waals surface area contributed by atoms with Gasteiger partial charge >= 0.3 is 0 Å². The maximum Gasteiger partial charge on any atom is 0.261 e. The molecule has 0 spiro atoms. The molecule has 0 bridgehead atoms. The van der Waals surface area contributed by atoms with E-state index >= 15 is 0 Å². The van der Waals surface area contributed by atoms with E-state index in [1.165, 1.54) is 4.90 Å². The molecule has 1 atom stereocenters.